The lowest BCUT2D eigenvalue weighted by atomic mass is 10.0. The summed E-state index contributed by atoms with van der Waals surface area (Å²) < 4.78 is 47.2. The van der Waals surface area contributed by atoms with E-state index in [2.05, 4.69) is 20.4 Å². The highest BCUT2D eigenvalue weighted by atomic mass is 32.2. The third-order valence-electron chi connectivity index (χ3n) is 6.81. The Morgan fingerprint density at radius 3 is 2.86 bits per heavy atom. The lowest BCUT2D eigenvalue weighted by Gasteiger charge is -2.34. The molecule has 2 atom stereocenters. The van der Waals surface area contributed by atoms with Crippen LogP contribution >= 0.6 is 0 Å². The van der Waals surface area contributed by atoms with Crippen LogP contribution in [0.5, 0.6) is 0 Å². The van der Waals surface area contributed by atoms with Gasteiger partial charge in [-0.25, -0.2) is 36.7 Å². The molecule has 5 rings (SSSR count). The molecule has 0 saturated carbocycles. The second-order valence-corrected chi connectivity index (χ2v) is 11.5. The summed E-state index contributed by atoms with van der Waals surface area (Å²) in [6.45, 7) is 2.16. The van der Waals surface area contributed by atoms with Crippen molar-refractivity contribution in [2.24, 2.45) is 0 Å². The molecule has 0 spiro atoms. The van der Waals surface area contributed by atoms with E-state index in [0.717, 1.165) is 23.0 Å². The smallest absolute Gasteiger partial charge is 0.324 e. The predicted molar refractivity (Wildman–Crippen MR) is 136 cm³/mol. The molecule has 1 fully saturated rings. The summed E-state index contributed by atoms with van der Waals surface area (Å²) >= 11 is 0. The summed E-state index contributed by atoms with van der Waals surface area (Å²) in [7, 11) is -2.61. The molecule has 1 N–H and O–H groups in total. The summed E-state index contributed by atoms with van der Waals surface area (Å²) in [4.78, 5) is 25.1. The van der Waals surface area contributed by atoms with Gasteiger partial charge in [-0.15, -0.1) is 0 Å². The monoisotopic (exact) mass is 526 g/mol. The molecule has 0 bridgehead atoms. The molecule has 1 aliphatic carbocycles. The Labute approximate surface area is 213 Å². The number of fused-ring (bicyclic) bond motifs is 1. The van der Waals surface area contributed by atoms with Crippen molar-refractivity contribution in [1.82, 2.24) is 23.9 Å². The standard InChI is InChI=1S/C25H27FN6O4S/c1-25(11-5-3-6-12-25)37(34,35)32-16-18(17-9-8-13-27-23(17)32)21-28-15-19(26)22(29-21)30-31-14-7-4-10-20(31)24(33)36-2/h3,5-6,8-9,11,13,15-16,20H,4,7,10,12,14H2,1-2H3,(H,28,29,30). The summed E-state index contributed by atoms with van der Waals surface area (Å²) in [5.41, 5.74) is 3.53. The van der Waals surface area contributed by atoms with Gasteiger partial charge in [0.25, 0.3) is 0 Å². The van der Waals surface area contributed by atoms with Gasteiger partial charge >= 0.3 is 5.97 Å². The zero-order chi connectivity index (χ0) is 26.2. The molecule has 3 aromatic heterocycles. The van der Waals surface area contributed by atoms with E-state index >= 15 is 0 Å². The lowest BCUT2D eigenvalue weighted by Crippen LogP contribution is -2.48. The van der Waals surface area contributed by atoms with Crippen molar-refractivity contribution in [3.05, 3.63) is 60.8 Å². The van der Waals surface area contributed by atoms with Crippen molar-refractivity contribution in [3.8, 4) is 11.4 Å². The number of halogens is 1. The maximum Gasteiger partial charge on any atom is 0.324 e. The number of ether oxygens (including phenoxy) is 1. The molecule has 0 aromatic carbocycles. The molecule has 4 heterocycles. The Morgan fingerprint density at radius 1 is 1.27 bits per heavy atom. The molecule has 2 aliphatic rings. The van der Waals surface area contributed by atoms with Crippen molar-refractivity contribution in [3.63, 3.8) is 0 Å². The maximum absolute atomic E-state index is 14.8. The zero-order valence-corrected chi connectivity index (χ0v) is 21.3. The van der Waals surface area contributed by atoms with Crippen molar-refractivity contribution in [1.29, 1.82) is 0 Å². The first kappa shape index (κ1) is 25.0. The average Bonchev–Trinajstić information content (AvgIpc) is 3.31. The SMILES string of the molecule is COC(=O)C1CCCCN1Nc1nc(-c2cn(S(=O)(=O)C3(C)C=CC=CC3)c3ncccc23)ncc1F. The number of anilines is 1. The van der Waals surface area contributed by atoms with Crippen LogP contribution in [0.25, 0.3) is 22.4 Å². The van der Waals surface area contributed by atoms with Crippen LogP contribution in [0.2, 0.25) is 0 Å². The fraction of sp³-hybridized carbons (Fsp3) is 0.360. The Morgan fingerprint density at radius 2 is 2.11 bits per heavy atom. The number of carbonyl (C=O) groups excluding carboxylic acids is 1. The molecule has 1 saturated heterocycles. The molecular formula is C25H27FN6O4S. The van der Waals surface area contributed by atoms with Gasteiger partial charge in [0.1, 0.15) is 10.8 Å². The number of pyridine rings is 1. The number of aromatic nitrogens is 4. The number of piperidine rings is 1. The van der Waals surface area contributed by atoms with Gasteiger partial charge in [0, 0.05) is 29.9 Å². The highest BCUT2D eigenvalue weighted by molar-refractivity contribution is 7.91. The highest BCUT2D eigenvalue weighted by Crippen LogP contribution is 2.35. The number of hydrogen-bond acceptors (Lipinski definition) is 9. The zero-order valence-electron chi connectivity index (χ0n) is 20.5. The van der Waals surface area contributed by atoms with E-state index in [4.69, 9.17) is 4.74 Å². The van der Waals surface area contributed by atoms with Gasteiger partial charge in [-0.3, -0.25) is 10.2 Å². The van der Waals surface area contributed by atoms with E-state index in [-0.39, 0.29) is 17.3 Å². The molecule has 1 aliphatic heterocycles. The van der Waals surface area contributed by atoms with E-state index in [1.165, 1.54) is 19.5 Å². The van der Waals surface area contributed by atoms with Crippen LogP contribution in [-0.2, 0) is 19.6 Å². The summed E-state index contributed by atoms with van der Waals surface area (Å²) in [6, 6.07) is 2.83. The minimum Gasteiger partial charge on any atom is -0.468 e. The number of nitrogens with one attached hydrogen (secondary N) is 1. The molecule has 12 heteroatoms. The molecule has 0 amide bonds. The normalized spacial score (nSPS) is 22.3. The molecule has 0 radical (unpaired) electrons. The first-order valence-electron chi connectivity index (χ1n) is 11.9. The number of carbonyl (C=O) groups is 1. The van der Waals surface area contributed by atoms with Crippen molar-refractivity contribution < 1.29 is 22.3 Å². The number of esters is 1. The van der Waals surface area contributed by atoms with Crippen molar-refractivity contribution in [2.45, 2.75) is 43.4 Å². The largest absolute Gasteiger partial charge is 0.468 e. The van der Waals surface area contributed by atoms with E-state index < -0.39 is 32.6 Å². The minimum atomic E-state index is -3.92. The van der Waals surface area contributed by atoms with E-state index in [0.29, 0.717) is 30.3 Å². The minimum absolute atomic E-state index is 0.117. The summed E-state index contributed by atoms with van der Waals surface area (Å²) in [6.07, 6.45) is 13.5. The van der Waals surface area contributed by atoms with Crippen LogP contribution in [0.1, 0.15) is 32.6 Å². The number of hydrogen-bond donors (Lipinski definition) is 1. The van der Waals surface area contributed by atoms with Gasteiger partial charge in [-0.1, -0.05) is 24.3 Å². The number of hydrazine groups is 1. The first-order chi connectivity index (χ1) is 17.7. The van der Waals surface area contributed by atoms with Crippen LogP contribution in [-0.4, -0.2) is 62.8 Å². The second kappa shape index (κ2) is 9.67. The molecule has 2 unspecified atom stereocenters. The molecule has 37 heavy (non-hydrogen) atoms. The fourth-order valence-electron chi connectivity index (χ4n) is 4.67. The average molecular weight is 527 g/mol. The third-order valence-corrected chi connectivity index (χ3v) is 9.09. The topological polar surface area (TPSA) is 119 Å². The van der Waals surface area contributed by atoms with Crippen LogP contribution in [0.15, 0.2) is 55.0 Å². The number of allylic oxidation sites excluding steroid dienone is 3. The third kappa shape index (κ3) is 4.40. The summed E-state index contributed by atoms with van der Waals surface area (Å²) in [5, 5.41) is 2.12. The lowest BCUT2D eigenvalue weighted by molar-refractivity contribution is -0.147. The van der Waals surface area contributed by atoms with E-state index in [1.807, 2.05) is 6.08 Å². The maximum atomic E-state index is 14.8. The Hall–Kier alpha value is -3.64. The molecule has 10 nitrogen and oxygen atoms in total. The molecule has 194 valence electrons. The second-order valence-electron chi connectivity index (χ2n) is 9.25. The van der Waals surface area contributed by atoms with E-state index in [9.17, 15) is 17.6 Å². The quantitative estimate of drug-likeness (QED) is 0.482. The van der Waals surface area contributed by atoms with E-state index in [1.54, 1.807) is 42.3 Å². The van der Waals surface area contributed by atoms with Crippen molar-refractivity contribution >= 4 is 32.8 Å². The van der Waals surface area contributed by atoms with Crippen LogP contribution in [0.3, 0.4) is 0 Å². The first-order valence-corrected chi connectivity index (χ1v) is 13.4. The Kier molecular flexibility index (Phi) is 6.54. The van der Waals surface area contributed by atoms with Crippen LogP contribution in [0.4, 0.5) is 10.2 Å². The molecule has 3 aromatic rings. The Bertz CT molecular complexity index is 1520. The highest BCUT2D eigenvalue weighted by Gasteiger charge is 2.39. The van der Waals surface area contributed by atoms with Gasteiger partial charge in [0.05, 0.1) is 13.3 Å². The van der Waals surface area contributed by atoms with Gasteiger partial charge < -0.3 is 4.74 Å². The van der Waals surface area contributed by atoms with Gasteiger partial charge in [-0.05, 0) is 44.7 Å². The number of methoxy groups -OCH3 is 1. The number of rotatable bonds is 6. The number of nitrogens with zero attached hydrogens (tertiary/aromatic N) is 5. The Balaban J connectivity index is 1.56. The van der Waals surface area contributed by atoms with Crippen LogP contribution in [0, 0.1) is 5.82 Å². The fourth-order valence-corrected chi connectivity index (χ4v) is 6.30. The predicted octanol–water partition coefficient (Wildman–Crippen LogP) is 3.44. The van der Waals surface area contributed by atoms with Gasteiger partial charge in [0.15, 0.2) is 23.1 Å². The van der Waals surface area contributed by atoms with Gasteiger partial charge in [0.2, 0.25) is 10.0 Å². The molecular weight excluding hydrogens is 499 g/mol. The van der Waals surface area contributed by atoms with Gasteiger partial charge in [-0.2, -0.15) is 0 Å². The summed E-state index contributed by atoms with van der Waals surface area (Å²) in [5.74, 6) is -1.13. The van der Waals surface area contributed by atoms with Crippen LogP contribution < -0.4 is 5.43 Å². The van der Waals surface area contributed by atoms with Crippen molar-refractivity contribution in [2.75, 3.05) is 19.1 Å².